The fourth-order valence-corrected chi connectivity index (χ4v) is 7.50. The summed E-state index contributed by atoms with van der Waals surface area (Å²) in [5.41, 5.74) is 0.353. The first-order valence-corrected chi connectivity index (χ1v) is 18.7. The summed E-state index contributed by atoms with van der Waals surface area (Å²) in [6.07, 6.45) is 5.63. The first-order valence-electron chi connectivity index (χ1n) is 18.7. The standard InChI is InChI=1S/C38H51FN8O6/c1-6-47-30(13-14-40-47)36(50)43-34(32(24-7-8-24)25-9-10-25)37(51)41-29-12-11-26(18-28(29)39)23(4)33(38(52)46-16-15-45(5)22(3)20-46)42-35(49)21(2)17-27-19-31(48)44-53-27/h11-14,18-19,21-25,32-34H,6-10,15-17,20H2,1-5H3,(H,41,51)(H,42,49)(H,43,50)(H,44,48)/t21-,22+,23-,33+,34?/m0/s1. The molecule has 53 heavy (non-hydrogen) atoms. The lowest BCUT2D eigenvalue weighted by atomic mass is 9.88. The van der Waals surface area contributed by atoms with E-state index in [0.29, 0.717) is 55.0 Å². The number of carbonyl (C=O) groups excluding carboxylic acids is 4. The number of piperazine rings is 1. The molecule has 15 heteroatoms. The molecule has 6 rings (SSSR count). The molecule has 3 heterocycles. The number of aromatic amines is 1. The smallest absolute Gasteiger partial charge is 0.280 e. The molecule has 286 valence electrons. The lowest BCUT2D eigenvalue weighted by molar-refractivity contribution is -0.140. The van der Waals surface area contributed by atoms with Crippen LogP contribution in [-0.2, 0) is 27.3 Å². The largest absolute Gasteiger partial charge is 0.384 e. The number of amides is 4. The summed E-state index contributed by atoms with van der Waals surface area (Å²) in [7, 11) is 1.99. The topological polar surface area (TPSA) is 175 Å². The van der Waals surface area contributed by atoms with Crippen LogP contribution < -0.4 is 21.5 Å². The predicted octanol–water partition coefficient (Wildman–Crippen LogP) is 3.13. The molecule has 1 aromatic carbocycles. The number of H-pyrrole nitrogens is 1. The summed E-state index contributed by atoms with van der Waals surface area (Å²) >= 11 is 0. The first kappa shape index (κ1) is 38.0. The molecule has 0 bridgehead atoms. The van der Waals surface area contributed by atoms with Gasteiger partial charge in [-0.2, -0.15) is 10.3 Å². The SMILES string of the molecule is CCn1nccc1C(=O)NC(C(=O)Nc1ccc([C@H](C)[C@@H](NC(=O)[C@@H](C)Cc2cc(=O)[nH]o2)C(=O)N2CCN(C)[C@H](C)C2)cc1F)C(C1CC1)C1CC1. The molecule has 3 fully saturated rings. The van der Waals surface area contributed by atoms with Gasteiger partial charge in [0.15, 0.2) is 0 Å². The van der Waals surface area contributed by atoms with Crippen molar-refractivity contribution in [2.45, 2.75) is 90.4 Å². The van der Waals surface area contributed by atoms with E-state index in [0.717, 1.165) is 25.7 Å². The molecule has 2 aromatic heterocycles. The Kier molecular flexibility index (Phi) is 11.5. The van der Waals surface area contributed by atoms with Crippen molar-refractivity contribution in [1.29, 1.82) is 0 Å². The van der Waals surface area contributed by atoms with Crippen LogP contribution in [0.5, 0.6) is 0 Å². The maximum Gasteiger partial charge on any atom is 0.280 e. The Bertz CT molecular complexity index is 1850. The number of rotatable bonds is 15. The fourth-order valence-electron chi connectivity index (χ4n) is 7.50. The number of benzene rings is 1. The van der Waals surface area contributed by atoms with Gasteiger partial charge in [-0.05, 0) is 88.1 Å². The van der Waals surface area contributed by atoms with Crippen LogP contribution in [0.3, 0.4) is 0 Å². The summed E-state index contributed by atoms with van der Waals surface area (Å²) in [5, 5.41) is 15.0. The van der Waals surface area contributed by atoms with E-state index in [-0.39, 0.29) is 30.0 Å². The number of hydrogen-bond acceptors (Lipinski definition) is 8. The van der Waals surface area contributed by atoms with E-state index in [1.165, 1.54) is 18.2 Å². The number of anilines is 1. The zero-order valence-electron chi connectivity index (χ0n) is 31.1. The molecule has 3 aromatic rings. The van der Waals surface area contributed by atoms with Gasteiger partial charge in [0.2, 0.25) is 17.7 Å². The van der Waals surface area contributed by atoms with Gasteiger partial charge in [-0.15, -0.1) is 0 Å². The van der Waals surface area contributed by atoms with E-state index in [1.807, 2.05) is 20.9 Å². The van der Waals surface area contributed by atoms with Crippen molar-refractivity contribution in [3.63, 3.8) is 0 Å². The average molecular weight is 735 g/mol. The van der Waals surface area contributed by atoms with Crippen molar-refractivity contribution < 1.29 is 28.1 Å². The van der Waals surface area contributed by atoms with E-state index < -0.39 is 53.0 Å². The highest BCUT2D eigenvalue weighted by Gasteiger charge is 2.48. The number of halogens is 1. The summed E-state index contributed by atoms with van der Waals surface area (Å²) < 4.78 is 22.7. The number of nitrogens with one attached hydrogen (secondary N) is 4. The Morgan fingerprint density at radius 3 is 2.32 bits per heavy atom. The third kappa shape index (κ3) is 8.89. The van der Waals surface area contributed by atoms with Gasteiger partial charge in [0, 0.05) is 62.7 Å². The van der Waals surface area contributed by atoms with Crippen LogP contribution in [0.2, 0.25) is 0 Å². The van der Waals surface area contributed by atoms with Gasteiger partial charge in [-0.25, -0.2) is 4.39 Å². The van der Waals surface area contributed by atoms with Gasteiger partial charge < -0.3 is 30.3 Å². The fraction of sp³-hybridized carbons (Fsp3) is 0.579. The van der Waals surface area contributed by atoms with Gasteiger partial charge in [-0.1, -0.05) is 19.9 Å². The third-order valence-electron chi connectivity index (χ3n) is 11.2. The Hall–Kier alpha value is -4.79. The molecule has 2 aliphatic carbocycles. The summed E-state index contributed by atoms with van der Waals surface area (Å²) in [5.74, 6) is -2.67. The Labute approximate surface area is 308 Å². The van der Waals surface area contributed by atoms with Crippen molar-refractivity contribution >= 4 is 29.3 Å². The second-order valence-corrected chi connectivity index (χ2v) is 15.1. The minimum atomic E-state index is -1.02. The number of hydrogen-bond donors (Lipinski definition) is 4. The van der Waals surface area contributed by atoms with Crippen LogP contribution in [0.1, 0.15) is 81.1 Å². The monoisotopic (exact) mass is 734 g/mol. The highest BCUT2D eigenvalue weighted by molar-refractivity contribution is 6.01. The number of likely N-dealkylation sites (N-methyl/N-ethyl adjacent to an activating group) is 1. The molecule has 2 saturated carbocycles. The van der Waals surface area contributed by atoms with Gasteiger partial charge in [0.05, 0.1) is 5.69 Å². The highest BCUT2D eigenvalue weighted by Crippen LogP contribution is 2.51. The maximum absolute atomic E-state index is 16.0. The molecule has 0 radical (unpaired) electrons. The lowest BCUT2D eigenvalue weighted by Gasteiger charge is -2.40. The molecule has 4 amide bonds. The molecule has 1 unspecified atom stereocenters. The van der Waals surface area contributed by atoms with Crippen LogP contribution in [-0.4, -0.2) is 93.2 Å². The Balaban J connectivity index is 1.20. The van der Waals surface area contributed by atoms with Crippen LogP contribution >= 0.6 is 0 Å². The van der Waals surface area contributed by atoms with Gasteiger partial charge in [-0.3, -0.25) is 28.7 Å². The number of aryl methyl sites for hydroxylation is 1. The predicted molar refractivity (Wildman–Crippen MR) is 194 cm³/mol. The van der Waals surface area contributed by atoms with Crippen molar-refractivity contribution in [1.82, 2.24) is 35.4 Å². The number of carbonyl (C=O) groups is 4. The zero-order chi connectivity index (χ0) is 38.0. The highest BCUT2D eigenvalue weighted by atomic mass is 19.1. The number of nitrogens with zero attached hydrogens (tertiary/aromatic N) is 4. The number of aromatic nitrogens is 3. The normalized spacial score (nSPS) is 20.1. The summed E-state index contributed by atoms with van der Waals surface area (Å²) in [6, 6.07) is 5.51. The van der Waals surface area contributed by atoms with E-state index in [4.69, 9.17) is 4.52 Å². The summed E-state index contributed by atoms with van der Waals surface area (Å²) in [4.78, 5) is 70.3. The van der Waals surface area contributed by atoms with Crippen LogP contribution in [0.15, 0.2) is 45.8 Å². The van der Waals surface area contributed by atoms with Crippen molar-refractivity contribution in [2.75, 3.05) is 32.0 Å². The molecular formula is C38H51FN8O6. The van der Waals surface area contributed by atoms with E-state index in [2.05, 4.69) is 31.1 Å². The third-order valence-corrected chi connectivity index (χ3v) is 11.2. The Morgan fingerprint density at radius 2 is 1.72 bits per heavy atom. The average Bonchev–Trinajstić information content (AvgIpc) is 4.07. The molecule has 4 N–H and O–H groups in total. The van der Waals surface area contributed by atoms with E-state index >= 15 is 4.39 Å². The summed E-state index contributed by atoms with van der Waals surface area (Å²) in [6.45, 7) is 9.45. The van der Waals surface area contributed by atoms with Gasteiger partial charge in [0.25, 0.3) is 11.5 Å². The van der Waals surface area contributed by atoms with Crippen molar-refractivity contribution in [3.05, 3.63) is 69.7 Å². The van der Waals surface area contributed by atoms with Crippen LogP contribution in [0, 0.1) is 29.5 Å². The van der Waals surface area contributed by atoms with Crippen LogP contribution in [0.4, 0.5) is 10.1 Å². The second-order valence-electron chi connectivity index (χ2n) is 15.1. The maximum atomic E-state index is 16.0. The minimum absolute atomic E-state index is 0.0458. The Morgan fingerprint density at radius 1 is 1.00 bits per heavy atom. The second kappa shape index (κ2) is 16.1. The van der Waals surface area contributed by atoms with Gasteiger partial charge >= 0.3 is 0 Å². The van der Waals surface area contributed by atoms with Gasteiger partial charge in [0.1, 0.15) is 29.4 Å². The molecule has 3 aliphatic rings. The molecule has 0 spiro atoms. The quantitative estimate of drug-likeness (QED) is 0.184. The minimum Gasteiger partial charge on any atom is -0.384 e. The molecular weight excluding hydrogens is 683 g/mol. The molecule has 5 atom stereocenters. The van der Waals surface area contributed by atoms with E-state index in [9.17, 15) is 24.0 Å². The lowest BCUT2D eigenvalue weighted by Crippen LogP contribution is -2.58. The first-order chi connectivity index (χ1) is 25.3. The van der Waals surface area contributed by atoms with Crippen molar-refractivity contribution in [3.8, 4) is 0 Å². The molecule has 1 saturated heterocycles. The molecule has 1 aliphatic heterocycles. The van der Waals surface area contributed by atoms with Crippen LogP contribution in [0.25, 0.3) is 0 Å². The van der Waals surface area contributed by atoms with Crippen molar-refractivity contribution in [2.24, 2.45) is 23.7 Å². The zero-order valence-corrected chi connectivity index (χ0v) is 31.1. The molecule has 14 nitrogen and oxygen atoms in total. The van der Waals surface area contributed by atoms with E-state index in [1.54, 1.807) is 41.8 Å².